The molecule has 0 atom stereocenters. The predicted octanol–water partition coefficient (Wildman–Crippen LogP) is 2.99. The Kier molecular flexibility index (Phi) is 2.96. The van der Waals surface area contributed by atoms with Crippen LogP contribution in [0.1, 0.15) is 27.2 Å². The average Bonchev–Trinajstić information content (AvgIpc) is 2.73. The molecule has 0 saturated carbocycles. The summed E-state index contributed by atoms with van der Waals surface area (Å²) in [5, 5.41) is 11.4. The molecular formula is C13H20N4. The van der Waals surface area contributed by atoms with Crippen LogP contribution in [0.25, 0.3) is 10.9 Å². The zero-order valence-corrected chi connectivity index (χ0v) is 10.7. The molecule has 1 aromatic carbocycles. The van der Waals surface area contributed by atoms with E-state index in [4.69, 9.17) is 5.73 Å². The van der Waals surface area contributed by atoms with Crippen LogP contribution in [-0.4, -0.2) is 16.7 Å². The van der Waals surface area contributed by atoms with Gasteiger partial charge in [0.15, 0.2) is 0 Å². The standard InChI is InChI=1S/C13H20N4/c1-4-13(2,3)8-15-12-6-11-9(5-10(12)14)7-16-17-11/h5-7,15H,4,8,14H2,1-3H3,(H,16,17). The topological polar surface area (TPSA) is 66.7 Å². The molecule has 0 amide bonds. The van der Waals surface area contributed by atoms with Gasteiger partial charge in [-0.05, 0) is 24.0 Å². The van der Waals surface area contributed by atoms with Crippen LogP contribution in [0.15, 0.2) is 18.3 Å². The van der Waals surface area contributed by atoms with Gasteiger partial charge in [-0.25, -0.2) is 0 Å². The van der Waals surface area contributed by atoms with E-state index < -0.39 is 0 Å². The molecule has 4 nitrogen and oxygen atoms in total. The van der Waals surface area contributed by atoms with Crippen LogP contribution >= 0.6 is 0 Å². The minimum atomic E-state index is 0.273. The van der Waals surface area contributed by atoms with Crippen molar-refractivity contribution >= 4 is 22.3 Å². The summed E-state index contributed by atoms with van der Waals surface area (Å²) in [6, 6.07) is 3.96. The molecule has 0 unspecified atom stereocenters. The summed E-state index contributed by atoms with van der Waals surface area (Å²) >= 11 is 0. The van der Waals surface area contributed by atoms with Crippen LogP contribution < -0.4 is 11.1 Å². The number of aromatic amines is 1. The first-order valence-electron chi connectivity index (χ1n) is 5.98. The van der Waals surface area contributed by atoms with Crippen molar-refractivity contribution in [3.8, 4) is 0 Å². The van der Waals surface area contributed by atoms with Crippen LogP contribution in [0, 0.1) is 5.41 Å². The van der Waals surface area contributed by atoms with Crippen molar-refractivity contribution in [2.45, 2.75) is 27.2 Å². The molecule has 0 aliphatic rings. The molecule has 17 heavy (non-hydrogen) atoms. The van der Waals surface area contributed by atoms with Crippen LogP contribution in [-0.2, 0) is 0 Å². The van der Waals surface area contributed by atoms with E-state index in [0.29, 0.717) is 0 Å². The highest BCUT2D eigenvalue weighted by Crippen LogP contribution is 2.27. The maximum Gasteiger partial charge on any atom is 0.0672 e. The second kappa shape index (κ2) is 4.28. The Morgan fingerprint density at radius 3 is 2.88 bits per heavy atom. The minimum Gasteiger partial charge on any atom is -0.397 e. The van der Waals surface area contributed by atoms with Gasteiger partial charge in [-0.2, -0.15) is 5.10 Å². The lowest BCUT2D eigenvalue weighted by Crippen LogP contribution is -2.22. The van der Waals surface area contributed by atoms with E-state index in [2.05, 4.69) is 36.3 Å². The Bertz CT molecular complexity index is 513. The lowest BCUT2D eigenvalue weighted by molar-refractivity contribution is 0.377. The Balaban J connectivity index is 2.20. The van der Waals surface area contributed by atoms with Crippen LogP contribution in [0.5, 0.6) is 0 Å². The number of nitrogen functional groups attached to an aromatic ring is 1. The maximum atomic E-state index is 6.01. The van der Waals surface area contributed by atoms with Gasteiger partial charge in [0.2, 0.25) is 0 Å². The first-order valence-corrected chi connectivity index (χ1v) is 5.98. The van der Waals surface area contributed by atoms with Crippen molar-refractivity contribution in [1.29, 1.82) is 0 Å². The van der Waals surface area contributed by atoms with E-state index in [-0.39, 0.29) is 5.41 Å². The van der Waals surface area contributed by atoms with E-state index >= 15 is 0 Å². The van der Waals surface area contributed by atoms with Crippen molar-refractivity contribution in [2.24, 2.45) is 5.41 Å². The van der Waals surface area contributed by atoms with E-state index in [9.17, 15) is 0 Å². The number of hydrogen-bond acceptors (Lipinski definition) is 3. The summed E-state index contributed by atoms with van der Waals surface area (Å²) in [5.41, 5.74) is 9.04. The highest BCUT2D eigenvalue weighted by molar-refractivity contribution is 5.88. The zero-order valence-electron chi connectivity index (χ0n) is 10.7. The molecule has 0 aliphatic heterocycles. The van der Waals surface area contributed by atoms with Crippen molar-refractivity contribution in [3.63, 3.8) is 0 Å². The third kappa shape index (κ3) is 2.52. The first kappa shape index (κ1) is 11.8. The minimum absolute atomic E-state index is 0.273. The summed E-state index contributed by atoms with van der Waals surface area (Å²) in [5.74, 6) is 0. The number of aromatic nitrogens is 2. The van der Waals surface area contributed by atoms with Crippen molar-refractivity contribution in [3.05, 3.63) is 18.3 Å². The van der Waals surface area contributed by atoms with E-state index in [0.717, 1.165) is 35.2 Å². The lowest BCUT2D eigenvalue weighted by Gasteiger charge is -2.24. The fourth-order valence-corrected chi connectivity index (χ4v) is 1.62. The second-order valence-electron chi connectivity index (χ2n) is 5.27. The molecule has 1 aromatic heterocycles. The second-order valence-corrected chi connectivity index (χ2v) is 5.27. The normalized spacial score (nSPS) is 11.9. The number of nitrogens with zero attached hydrogens (tertiary/aromatic N) is 1. The number of rotatable bonds is 4. The Morgan fingerprint density at radius 1 is 1.41 bits per heavy atom. The maximum absolute atomic E-state index is 6.01. The Hall–Kier alpha value is -1.71. The van der Waals surface area contributed by atoms with Gasteiger partial charge in [0, 0.05) is 11.9 Å². The van der Waals surface area contributed by atoms with Gasteiger partial charge in [-0.15, -0.1) is 0 Å². The van der Waals surface area contributed by atoms with Gasteiger partial charge in [-0.1, -0.05) is 20.8 Å². The summed E-state index contributed by atoms with van der Waals surface area (Å²) in [6.45, 7) is 7.59. The molecule has 92 valence electrons. The largest absolute Gasteiger partial charge is 0.397 e. The molecule has 0 fully saturated rings. The molecule has 4 N–H and O–H groups in total. The van der Waals surface area contributed by atoms with Gasteiger partial charge >= 0.3 is 0 Å². The monoisotopic (exact) mass is 232 g/mol. The molecule has 0 aliphatic carbocycles. The molecule has 0 bridgehead atoms. The van der Waals surface area contributed by atoms with Crippen molar-refractivity contribution in [2.75, 3.05) is 17.6 Å². The molecule has 0 saturated heterocycles. The van der Waals surface area contributed by atoms with E-state index in [1.54, 1.807) is 6.20 Å². The third-order valence-electron chi connectivity index (χ3n) is 3.32. The summed E-state index contributed by atoms with van der Waals surface area (Å²) in [6.07, 6.45) is 2.91. The Labute approximate surface area is 102 Å². The van der Waals surface area contributed by atoms with Crippen LogP contribution in [0.4, 0.5) is 11.4 Å². The quantitative estimate of drug-likeness (QED) is 0.710. The number of nitrogens with two attached hydrogens (primary N) is 1. The molecule has 1 heterocycles. The van der Waals surface area contributed by atoms with E-state index in [1.807, 2.05) is 12.1 Å². The Morgan fingerprint density at radius 2 is 2.18 bits per heavy atom. The third-order valence-corrected chi connectivity index (χ3v) is 3.32. The molecule has 2 rings (SSSR count). The van der Waals surface area contributed by atoms with Crippen molar-refractivity contribution in [1.82, 2.24) is 10.2 Å². The van der Waals surface area contributed by atoms with Crippen molar-refractivity contribution < 1.29 is 0 Å². The highest BCUT2D eigenvalue weighted by Gasteiger charge is 2.15. The number of nitrogens with one attached hydrogen (secondary N) is 2. The smallest absolute Gasteiger partial charge is 0.0672 e. The van der Waals surface area contributed by atoms with Gasteiger partial charge in [-0.3, -0.25) is 5.10 Å². The lowest BCUT2D eigenvalue weighted by atomic mass is 9.90. The zero-order chi connectivity index (χ0) is 12.5. The molecular weight excluding hydrogens is 212 g/mol. The SMILES string of the molecule is CCC(C)(C)CNc1cc2[nH]ncc2cc1N. The number of fused-ring (bicyclic) bond motifs is 1. The van der Waals surface area contributed by atoms with Crippen LogP contribution in [0.3, 0.4) is 0 Å². The molecule has 0 radical (unpaired) electrons. The fourth-order valence-electron chi connectivity index (χ4n) is 1.62. The molecule has 0 spiro atoms. The number of hydrogen-bond donors (Lipinski definition) is 3. The van der Waals surface area contributed by atoms with Gasteiger partial charge in [0.05, 0.1) is 23.1 Å². The predicted molar refractivity (Wildman–Crippen MR) is 73.1 cm³/mol. The number of benzene rings is 1. The summed E-state index contributed by atoms with van der Waals surface area (Å²) < 4.78 is 0. The number of anilines is 2. The van der Waals surface area contributed by atoms with Gasteiger partial charge in [0.25, 0.3) is 0 Å². The first-order chi connectivity index (χ1) is 8.02. The summed E-state index contributed by atoms with van der Waals surface area (Å²) in [7, 11) is 0. The van der Waals surface area contributed by atoms with Crippen LogP contribution in [0.2, 0.25) is 0 Å². The fraction of sp³-hybridized carbons (Fsp3) is 0.462. The van der Waals surface area contributed by atoms with Gasteiger partial charge < -0.3 is 11.1 Å². The van der Waals surface area contributed by atoms with Gasteiger partial charge in [0.1, 0.15) is 0 Å². The molecule has 2 aromatic rings. The molecule has 4 heteroatoms. The number of H-pyrrole nitrogens is 1. The summed E-state index contributed by atoms with van der Waals surface area (Å²) in [4.78, 5) is 0. The average molecular weight is 232 g/mol. The van der Waals surface area contributed by atoms with E-state index in [1.165, 1.54) is 0 Å². The highest BCUT2D eigenvalue weighted by atomic mass is 15.1.